The molecule has 3 rings (SSSR count). The van der Waals surface area contributed by atoms with E-state index in [9.17, 15) is 0 Å². The van der Waals surface area contributed by atoms with Gasteiger partial charge in [-0.1, -0.05) is 18.2 Å². The maximum atomic E-state index is 4.06. The van der Waals surface area contributed by atoms with Crippen LogP contribution in [0.4, 0.5) is 0 Å². The Balaban J connectivity index is 1.99. The zero-order chi connectivity index (χ0) is 8.84. The van der Waals surface area contributed by atoms with Crippen molar-refractivity contribution in [3.63, 3.8) is 0 Å². The molecule has 2 saturated carbocycles. The second-order valence-corrected chi connectivity index (χ2v) is 4.56. The molecule has 67 valence electrons. The lowest BCUT2D eigenvalue weighted by molar-refractivity contribution is 1.07. The van der Waals surface area contributed by atoms with Crippen LogP contribution < -0.4 is 0 Å². The van der Waals surface area contributed by atoms with Gasteiger partial charge in [0.1, 0.15) is 0 Å². The molecule has 1 aromatic carbocycles. The molecule has 0 nitrogen and oxygen atoms in total. The van der Waals surface area contributed by atoms with Crippen molar-refractivity contribution in [3.8, 4) is 0 Å². The molecule has 2 aliphatic rings. The fourth-order valence-electron chi connectivity index (χ4n) is 2.05. The monoisotopic (exact) mass is 171 g/mol. The molecule has 2 aliphatic carbocycles. The lowest BCUT2D eigenvalue weighted by Crippen LogP contribution is -1.87. The Morgan fingerprint density at radius 3 is 1.69 bits per heavy atom. The summed E-state index contributed by atoms with van der Waals surface area (Å²) < 4.78 is 0. The van der Waals surface area contributed by atoms with Crippen LogP contribution in [0.15, 0.2) is 18.2 Å². The molecule has 0 N–H and O–H groups in total. The van der Waals surface area contributed by atoms with Crippen molar-refractivity contribution in [3.05, 3.63) is 41.8 Å². The van der Waals surface area contributed by atoms with Crippen LogP contribution in [-0.4, -0.2) is 0 Å². The van der Waals surface area contributed by atoms with Gasteiger partial charge in [0.2, 0.25) is 0 Å². The van der Waals surface area contributed by atoms with E-state index in [1.165, 1.54) is 31.2 Å². The van der Waals surface area contributed by atoms with Crippen molar-refractivity contribution in [1.29, 1.82) is 0 Å². The van der Waals surface area contributed by atoms with Gasteiger partial charge in [0.25, 0.3) is 0 Å². The minimum absolute atomic E-state index is 0.874. The van der Waals surface area contributed by atoms with Crippen LogP contribution in [-0.2, 0) is 0 Å². The molecular formula is C13H15. The number of rotatable bonds is 2. The molecule has 1 radical (unpaired) electrons. The first-order chi connectivity index (χ1) is 6.33. The Hall–Kier alpha value is -0.780. The predicted octanol–water partition coefficient (Wildman–Crippen LogP) is 3.62. The third-order valence-corrected chi connectivity index (χ3v) is 3.13. The van der Waals surface area contributed by atoms with Gasteiger partial charge in [-0.2, -0.15) is 0 Å². The van der Waals surface area contributed by atoms with Crippen LogP contribution >= 0.6 is 0 Å². The highest BCUT2D eigenvalue weighted by molar-refractivity contribution is 5.38. The van der Waals surface area contributed by atoms with E-state index in [1.807, 2.05) is 0 Å². The van der Waals surface area contributed by atoms with E-state index in [0.29, 0.717) is 0 Å². The van der Waals surface area contributed by atoms with Crippen molar-refractivity contribution in [2.45, 2.75) is 37.5 Å². The summed E-state index contributed by atoms with van der Waals surface area (Å²) in [6.45, 7) is 4.06. The highest BCUT2D eigenvalue weighted by atomic mass is 14.3. The molecule has 0 unspecified atom stereocenters. The molecule has 0 saturated heterocycles. The Morgan fingerprint density at radius 2 is 1.31 bits per heavy atom. The molecule has 2 fully saturated rings. The van der Waals surface area contributed by atoms with Gasteiger partial charge in [0, 0.05) is 0 Å². The van der Waals surface area contributed by atoms with Crippen molar-refractivity contribution in [2.75, 3.05) is 0 Å². The third kappa shape index (κ3) is 1.50. The first-order valence-corrected chi connectivity index (χ1v) is 5.30. The standard InChI is InChI=1S/C13H15/c1-9-6-12(10-2-3-10)8-13(7-9)11-4-5-11/h6-8,10-11H,1-5H2. The van der Waals surface area contributed by atoms with Crippen LogP contribution in [0.1, 0.15) is 54.2 Å². The van der Waals surface area contributed by atoms with E-state index < -0.39 is 0 Å². The molecule has 1 aromatic rings. The predicted molar refractivity (Wildman–Crippen MR) is 54.9 cm³/mol. The van der Waals surface area contributed by atoms with Crippen molar-refractivity contribution in [1.82, 2.24) is 0 Å². The smallest absolute Gasteiger partial charge is 0.0161 e. The summed E-state index contributed by atoms with van der Waals surface area (Å²) in [5.74, 6) is 1.75. The SMILES string of the molecule is [CH2]c1cc(C2CC2)cc(C2CC2)c1. The lowest BCUT2D eigenvalue weighted by Gasteiger charge is -2.05. The third-order valence-electron chi connectivity index (χ3n) is 3.13. The van der Waals surface area contributed by atoms with Crippen molar-refractivity contribution < 1.29 is 0 Å². The molecule has 0 atom stereocenters. The molecule has 0 heterocycles. The first kappa shape index (κ1) is 7.61. The van der Waals surface area contributed by atoms with E-state index in [2.05, 4.69) is 25.1 Å². The number of hydrogen-bond acceptors (Lipinski definition) is 0. The zero-order valence-corrected chi connectivity index (χ0v) is 7.92. The molecule has 0 bridgehead atoms. The number of hydrogen-bond donors (Lipinski definition) is 0. The maximum absolute atomic E-state index is 4.06. The van der Waals surface area contributed by atoms with Gasteiger partial charge in [0.15, 0.2) is 0 Å². The van der Waals surface area contributed by atoms with Crippen molar-refractivity contribution in [2.24, 2.45) is 0 Å². The van der Waals surface area contributed by atoms with Crippen LogP contribution in [0.2, 0.25) is 0 Å². The van der Waals surface area contributed by atoms with Crippen LogP contribution in [0.25, 0.3) is 0 Å². The van der Waals surface area contributed by atoms with E-state index in [-0.39, 0.29) is 0 Å². The van der Waals surface area contributed by atoms with Gasteiger partial charge in [-0.15, -0.1) is 0 Å². The summed E-state index contributed by atoms with van der Waals surface area (Å²) in [5.41, 5.74) is 4.31. The van der Waals surface area contributed by atoms with Gasteiger partial charge >= 0.3 is 0 Å². The van der Waals surface area contributed by atoms with Crippen molar-refractivity contribution >= 4 is 0 Å². The molecule has 0 spiro atoms. The fraction of sp³-hybridized carbons (Fsp3) is 0.462. The summed E-state index contributed by atoms with van der Waals surface area (Å²) in [6.07, 6.45) is 5.59. The molecule has 0 amide bonds. The first-order valence-electron chi connectivity index (χ1n) is 5.30. The maximum Gasteiger partial charge on any atom is -0.0161 e. The summed E-state index contributed by atoms with van der Waals surface area (Å²) in [5, 5.41) is 0. The fourth-order valence-corrected chi connectivity index (χ4v) is 2.05. The second kappa shape index (κ2) is 2.60. The zero-order valence-electron chi connectivity index (χ0n) is 7.92. The Kier molecular flexibility index (Phi) is 1.52. The normalized spacial score (nSPS) is 21.9. The van der Waals surface area contributed by atoms with Crippen LogP contribution in [0.5, 0.6) is 0 Å². The Labute approximate surface area is 80.0 Å². The molecule has 0 aliphatic heterocycles. The lowest BCUT2D eigenvalue weighted by atomic mass is 10.0. The second-order valence-electron chi connectivity index (χ2n) is 4.56. The van der Waals surface area contributed by atoms with E-state index >= 15 is 0 Å². The highest BCUT2D eigenvalue weighted by Crippen LogP contribution is 2.45. The van der Waals surface area contributed by atoms with Gasteiger partial charge in [-0.25, -0.2) is 0 Å². The summed E-state index contributed by atoms with van der Waals surface area (Å²) >= 11 is 0. The minimum atomic E-state index is 0.874. The molecule has 0 aromatic heterocycles. The number of benzene rings is 1. The van der Waals surface area contributed by atoms with Gasteiger partial charge in [0.05, 0.1) is 0 Å². The van der Waals surface area contributed by atoms with Crippen LogP contribution in [0, 0.1) is 6.92 Å². The molecule has 0 heteroatoms. The van der Waals surface area contributed by atoms with E-state index in [0.717, 1.165) is 11.8 Å². The van der Waals surface area contributed by atoms with E-state index in [4.69, 9.17) is 0 Å². The summed E-state index contributed by atoms with van der Waals surface area (Å²) in [6, 6.07) is 6.96. The average Bonchev–Trinajstić information content (AvgIpc) is 2.98. The summed E-state index contributed by atoms with van der Waals surface area (Å²) in [7, 11) is 0. The topological polar surface area (TPSA) is 0 Å². The van der Waals surface area contributed by atoms with Gasteiger partial charge in [-0.05, 0) is 61.1 Å². The molecule has 13 heavy (non-hydrogen) atoms. The van der Waals surface area contributed by atoms with Gasteiger partial charge < -0.3 is 0 Å². The molecular weight excluding hydrogens is 156 g/mol. The largest absolute Gasteiger partial charge is 0.0555 e. The minimum Gasteiger partial charge on any atom is -0.0555 e. The highest BCUT2D eigenvalue weighted by Gasteiger charge is 2.27. The average molecular weight is 171 g/mol. The summed E-state index contributed by atoms with van der Waals surface area (Å²) in [4.78, 5) is 0. The van der Waals surface area contributed by atoms with Gasteiger partial charge in [-0.3, -0.25) is 0 Å². The Morgan fingerprint density at radius 1 is 0.846 bits per heavy atom. The quantitative estimate of drug-likeness (QED) is 0.637. The Bertz CT molecular complexity index is 300. The van der Waals surface area contributed by atoms with E-state index in [1.54, 1.807) is 11.1 Å². The van der Waals surface area contributed by atoms with Crippen LogP contribution in [0.3, 0.4) is 0 Å².